The Morgan fingerprint density at radius 3 is 2.50 bits per heavy atom. The van der Waals surface area contributed by atoms with Gasteiger partial charge in [-0.15, -0.1) is 0 Å². The van der Waals surface area contributed by atoms with E-state index in [0.717, 1.165) is 0 Å². The summed E-state index contributed by atoms with van der Waals surface area (Å²) in [6.45, 7) is 5.42. The second-order valence-electron chi connectivity index (χ2n) is 3.94. The number of nitrogens with zero attached hydrogens (tertiary/aromatic N) is 1. The van der Waals surface area contributed by atoms with Crippen molar-refractivity contribution >= 4 is 0 Å². The van der Waals surface area contributed by atoms with E-state index < -0.39 is 11.4 Å². The highest BCUT2D eigenvalue weighted by atomic mass is 19.1. The molecule has 0 N–H and O–H groups in total. The van der Waals surface area contributed by atoms with Crippen LogP contribution in [0, 0.1) is 17.1 Å². The summed E-state index contributed by atoms with van der Waals surface area (Å²) in [5.41, 5.74) is -0.284. The van der Waals surface area contributed by atoms with Crippen LogP contribution >= 0.6 is 0 Å². The molecular formula is C11H12FNO. The van der Waals surface area contributed by atoms with Crippen LogP contribution < -0.4 is 4.74 Å². The van der Waals surface area contributed by atoms with Gasteiger partial charge in [-0.25, -0.2) is 4.39 Å². The van der Waals surface area contributed by atoms with Gasteiger partial charge in [-0.1, -0.05) is 6.07 Å². The van der Waals surface area contributed by atoms with E-state index in [9.17, 15) is 4.39 Å². The lowest BCUT2D eigenvalue weighted by Gasteiger charge is -2.22. The minimum Gasteiger partial charge on any atom is -0.484 e. The molecule has 0 saturated heterocycles. The van der Waals surface area contributed by atoms with E-state index in [4.69, 9.17) is 10.00 Å². The molecule has 3 heteroatoms. The Bertz CT molecular complexity index is 374. The summed E-state index contributed by atoms with van der Waals surface area (Å²) in [6.07, 6.45) is 0. The Morgan fingerprint density at radius 1 is 1.36 bits per heavy atom. The van der Waals surface area contributed by atoms with Crippen molar-refractivity contribution in [2.45, 2.75) is 26.4 Å². The summed E-state index contributed by atoms with van der Waals surface area (Å²) >= 11 is 0. The molecule has 0 fully saturated rings. The van der Waals surface area contributed by atoms with Gasteiger partial charge in [0.15, 0.2) is 11.6 Å². The lowest BCUT2D eigenvalue weighted by Crippen LogP contribution is -2.24. The quantitative estimate of drug-likeness (QED) is 0.687. The fourth-order valence-corrected chi connectivity index (χ4v) is 1.01. The third-order valence-electron chi connectivity index (χ3n) is 1.50. The fraction of sp³-hybridized carbons (Fsp3) is 0.364. The first-order chi connectivity index (χ1) is 6.44. The molecule has 14 heavy (non-hydrogen) atoms. The van der Waals surface area contributed by atoms with Gasteiger partial charge in [0.25, 0.3) is 0 Å². The first kappa shape index (κ1) is 10.5. The zero-order chi connectivity index (χ0) is 10.8. The molecule has 0 unspecified atom stereocenters. The van der Waals surface area contributed by atoms with Crippen molar-refractivity contribution in [3.63, 3.8) is 0 Å². The molecule has 1 aromatic rings. The summed E-state index contributed by atoms with van der Waals surface area (Å²) in [6, 6.07) is 6.20. The number of halogens is 1. The minimum absolute atomic E-state index is 0.0301. The van der Waals surface area contributed by atoms with Crippen LogP contribution in [0.2, 0.25) is 0 Å². The van der Waals surface area contributed by atoms with Crippen LogP contribution in [0.1, 0.15) is 26.3 Å². The van der Waals surface area contributed by atoms with Crippen molar-refractivity contribution in [3.05, 3.63) is 29.6 Å². The standard InChI is InChI=1S/C11H12FNO/c1-11(2,3)14-10-8(7-13)5-4-6-9(10)12/h4-6H,1-3H3. The molecule has 0 heterocycles. The molecule has 1 aromatic carbocycles. The second-order valence-corrected chi connectivity index (χ2v) is 3.94. The first-order valence-corrected chi connectivity index (χ1v) is 4.31. The van der Waals surface area contributed by atoms with Crippen molar-refractivity contribution in [2.24, 2.45) is 0 Å². The fourth-order valence-electron chi connectivity index (χ4n) is 1.01. The monoisotopic (exact) mass is 193 g/mol. The van der Waals surface area contributed by atoms with Crippen LogP contribution in [0.5, 0.6) is 5.75 Å². The molecule has 0 amide bonds. The summed E-state index contributed by atoms with van der Waals surface area (Å²) in [4.78, 5) is 0. The van der Waals surface area contributed by atoms with E-state index in [2.05, 4.69) is 0 Å². The van der Waals surface area contributed by atoms with Gasteiger partial charge in [0.05, 0.1) is 5.56 Å². The van der Waals surface area contributed by atoms with Crippen LogP contribution in [0.4, 0.5) is 4.39 Å². The van der Waals surface area contributed by atoms with E-state index in [0.29, 0.717) is 0 Å². The highest BCUT2D eigenvalue weighted by Gasteiger charge is 2.17. The third-order valence-corrected chi connectivity index (χ3v) is 1.50. The Kier molecular flexibility index (Phi) is 2.76. The molecule has 0 aromatic heterocycles. The number of rotatable bonds is 1. The maximum atomic E-state index is 13.3. The molecule has 0 aliphatic carbocycles. The molecule has 1 rings (SSSR count). The van der Waals surface area contributed by atoms with Gasteiger partial charge < -0.3 is 4.74 Å². The smallest absolute Gasteiger partial charge is 0.173 e. The second kappa shape index (κ2) is 3.67. The predicted octanol–water partition coefficient (Wildman–Crippen LogP) is 2.87. The number of ether oxygens (including phenoxy) is 1. The molecule has 2 nitrogen and oxygen atoms in total. The highest BCUT2D eigenvalue weighted by Crippen LogP contribution is 2.25. The highest BCUT2D eigenvalue weighted by molar-refractivity contribution is 5.43. The molecule has 74 valence electrons. The van der Waals surface area contributed by atoms with Gasteiger partial charge in [-0.3, -0.25) is 0 Å². The van der Waals surface area contributed by atoms with Crippen molar-refractivity contribution in [2.75, 3.05) is 0 Å². The molecule has 0 radical (unpaired) electrons. The summed E-state index contributed by atoms with van der Waals surface area (Å²) in [5, 5.41) is 8.74. The Balaban J connectivity index is 3.13. The summed E-state index contributed by atoms with van der Waals surface area (Å²) in [7, 11) is 0. The number of hydrogen-bond donors (Lipinski definition) is 0. The van der Waals surface area contributed by atoms with Crippen molar-refractivity contribution in [3.8, 4) is 11.8 Å². The van der Waals surface area contributed by atoms with Crippen LogP contribution in [0.25, 0.3) is 0 Å². The average Bonchev–Trinajstić information content (AvgIpc) is 2.06. The molecule has 0 aliphatic heterocycles. The topological polar surface area (TPSA) is 33.0 Å². The van der Waals surface area contributed by atoms with Gasteiger partial charge in [0.2, 0.25) is 0 Å². The van der Waals surface area contributed by atoms with Gasteiger partial charge >= 0.3 is 0 Å². The van der Waals surface area contributed by atoms with Crippen molar-refractivity contribution in [1.29, 1.82) is 5.26 Å². The largest absolute Gasteiger partial charge is 0.484 e. The first-order valence-electron chi connectivity index (χ1n) is 4.31. The SMILES string of the molecule is CC(C)(C)Oc1c(F)cccc1C#N. The number of hydrogen-bond acceptors (Lipinski definition) is 2. The van der Waals surface area contributed by atoms with E-state index >= 15 is 0 Å². The molecule has 0 saturated carbocycles. The van der Waals surface area contributed by atoms with Crippen LogP contribution in [0.3, 0.4) is 0 Å². The Labute approximate surface area is 82.9 Å². The van der Waals surface area contributed by atoms with Gasteiger partial charge in [0, 0.05) is 0 Å². The summed E-state index contributed by atoms with van der Waals surface area (Å²) in [5.74, 6) is -0.471. The van der Waals surface area contributed by atoms with E-state index in [1.807, 2.05) is 6.07 Å². The molecule has 0 bridgehead atoms. The Hall–Kier alpha value is -1.56. The zero-order valence-corrected chi connectivity index (χ0v) is 8.47. The van der Waals surface area contributed by atoms with Crippen LogP contribution in [0.15, 0.2) is 18.2 Å². The molecule has 0 atom stereocenters. The lowest BCUT2D eigenvalue weighted by molar-refractivity contribution is 0.124. The van der Waals surface area contributed by atoms with Crippen LogP contribution in [-0.4, -0.2) is 5.60 Å². The normalized spacial score (nSPS) is 10.8. The van der Waals surface area contributed by atoms with Crippen molar-refractivity contribution < 1.29 is 9.13 Å². The zero-order valence-electron chi connectivity index (χ0n) is 8.47. The van der Waals surface area contributed by atoms with E-state index in [1.165, 1.54) is 18.2 Å². The summed E-state index contributed by atoms with van der Waals surface area (Å²) < 4.78 is 18.6. The molecule has 0 aliphatic rings. The van der Waals surface area contributed by atoms with Gasteiger partial charge in [-0.2, -0.15) is 5.26 Å². The van der Waals surface area contributed by atoms with Crippen LogP contribution in [-0.2, 0) is 0 Å². The molecular weight excluding hydrogens is 181 g/mol. The maximum Gasteiger partial charge on any atom is 0.173 e. The maximum absolute atomic E-state index is 13.3. The van der Waals surface area contributed by atoms with E-state index in [1.54, 1.807) is 20.8 Å². The third kappa shape index (κ3) is 2.46. The van der Waals surface area contributed by atoms with Gasteiger partial charge in [-0.05, 0) is 32.9 Å². The minimum atomic E-state index is -0.506. The number of nitriles is 1. The predicted molar refractivity (Wildman–Crippen MR) is 51.5 cm³/mol. The molecule has 0 spiro atoms. The lowest BCUT2D eigenvalue weighted by atomic mass is 10.1. The Morgan fingerprint density at radius 2 is 2.00 bits per heavy atom. The van der Waals surface area contributed by atoms with Gasteiger partial charge in [0.1, 0.15) is 11.7 Å². The number of para-hydroxylation sites is 1. The van der Waals surface area contributed by atoms with E-state index in [-0.39, 0.29) is 11.3 Å². The average molecular weight is 193 g/mol. The number of benzene rings is 1. The van der Waals surface area contributed by atoms with Crippen molar-refractivity contribution in [1.82, 2.24) is 0 Å².